The van der Waals surface area contributed by atoms with Crippen molar-refractivity contribution < 1.29 is 23.1 Å². The largest absolute Gasteiger partial charge is 0.548 e. The Morgan fingerprint density at radius 3 is 2.37 bits per heavy atom. The van der Waals surface area contributed by atoms with E-state index in [0.29, 0.717) is 31.6 Å². The van der Waals surface area contributed by atoms with Gasteiger partial charge >= 0.3 is 0 Å². The summed E-state index contributed by atoms with van der Waals surface area (Å²) in [7, 11) is -3.68. The first-order chi connectivity index (χ1) is 12.8. The summed E-state index contributed by atoms with van der Waals surface area (Å²) in [5, 5.41) is 11.4. The quantitative estimate of drug-likeness (QED) is 0.757. The maximum atomic E-state index is 13.0. The number of hydrogen-bond donors (Lipinski definition) is 0. The molecule has 2 saturated heterocycles. The zero-order valence-electron chi connectivity index (χ0n) is 15.5. The molecule has 3 rings (SSSR count). The van der Waals surface area contributed by atoms with Crippen molar-refractivity contribution in [2.75, 3.05) is 19.6 Å². The van der Waals surface area contributed by atoms with E-state index in [1.54, 1.807) is 19.1 Å². The van der Waals surface area contributed by atoms with Crippen molar-refractivity contribution in [2.24, 2.45) is 0 Å². The van der Waals surface area contributed by atoms with Crippen molar-refractivity contribution in [1.29, 1.82) is 0 Å². The Morgan fingerprint density at radius 2 is 1.70 bits per heavy atom. The van der Waals surface area contributed by atoms with Gasteiger partial charge in [-0.2, -0.15) is 4.31 Å². The average Bonchev–Trinajstić information content (AvgIpc) is 2.68. The third-order valence-electron chi connectivity index (χ3n) is 5.40. The first kappa shape index (κ1) is 19.8. The second-order valence-corrected chi connectivity index (χ2v) is 9.18. The monoisotopic (exact) mass is 393 g/mol. The Balaban J connectivity index is 1.92. The van der Waals surface area contributed by atoms with E-state index in [9.17, 15) is 23.1 Å². The molecule has 148 valence electrons. The number of nitrogens with zero attached hydrogens (tertiary/aromatic N) is 2. The number of sulfonamides is 1. The minimum absolute atomic E-state index is 0.122. The predicted molar refractivity (Wildman–Crippen MR) is 97.5 cm³/mol. The van der Waals surface area contributed by atoms with E-state index in [1.165, 1.54) is 15.3 Å². The van der Waals surface area contributed by atoms with Crippen molar-refractivity contribution in [2.45, 2.75) is 56.4 Å². The molecule has 0 spiro atoms. The number of carbonyl (C=O) groups excluding carboxylic acids is 2. The molecule has 0 N–H and O–H groups in total. The molecule has 1 aromatic rings. The molecule has 27 heavy (non-hydrogen) atoms. The minimum Gasteiger partial charge on any atom is -0.548 e. The second-order valence-electron chi connectivity index (χ2n) is 7.27. The lowest BCUT2D eigenvalue weighted by atomic mass is 10.0. The van der Waals surface area contributed by atoms with Crippen LogP contribution in [0.4, 0.5) is 0 Å². The number of rotatable bonds is 4. The van der Waals surface area contributed by atoms with Crippen LogP contribution in [-0.4, -0.2) is 55.2 Å². The maximum Gasteiger partial charge on any atom is 0.254 e. The molecule has 7 nitrogen and oxygen atoms in total. The van der Waals surface area contributed by atoms with Crippen LogP contribution in [0, 0.1) is 6.92 Å². The van der Waals surface area contributed by atoms with E-state index in [0.717, 1.165) is 32.1 Å². The molecule has 2 aliphatic rings. The molecular weight excluding hydrogens is 368 g/mol. The second kappa shape index (κ2) is 7.98. The van der Waals surface area contributed by atoms with Gasteiger partial charge in [0.2, 0.25) is 10.0 Å². The van der Waals surface area contributed by atoms with Gasteiger partial charge in [0.1, 0.15) is 0 Å². The van der Waals surface area contributed by atoms with Gasteiger partial charge in [-0.05, 0) is 56.7 Å². The van der Waals surface area contributed by atoms with Gasteiger partial charge in [-0.1, -0.05) is 12.5 Å². The van der Waals surface area contributed by atoms with Crippen molar-refractivity contribution >= 4 is 21.9 Å². The fourth-order valence-corrected chi connectivity index (χ4v) is 5.61. The average molecular weight is 393 g/mol. The molecule has 2 heterocycles. The Morgan fingerprint density at radius 1 is 1.04 bits per heavy atom. The van der Waals surface area contributed by atoms with E-state index in [2.05, 4.69) is 0 Å². The summed E-state index contributed by atoms with van der Waals surface area (Å²) in [6.45, 7) is 3.01. The van der Waals surface area contributed by atoms with Gasteiger partial charge in [0.15, 0.2) is 0 Å². The standard InChI is InChI=1S/C19H26N2O5S/c1-14-8-9-15(18(22)21-12-6-3-7-16(21)19(23)24)13-17(14)27(25,26)20-10-4-2-5-11-20/h8-9,13,16H,2-7,10-12H2,1H3,(H,23,24)/p-1/t16-/m1/s1. The third kappa shape index (κ3) is 4.01. The van der Waals surface area contributed by atoms with Crippen molar-refractivity contribution in [3.8, 4) is 0 Å². The van der Waals surface area contributed by atoms with Crippen LogP contribution < -0.4 is 5.11 Å². The molecule has 2 aliphatic heterocycles. The molecule has 2 fully saturated rings. The first-order valence-electron chi connectivity index (χ1n) is 9.45. The normalized spacial score (nSPS) is 21.8. The summed E-state index contributed by atoms with van der Waals surface area (Å²) in [6, 6.07) is 3.60. The highest BCUT2D eigenvalue weighted by Crippen LogP contribution is 2.26. The van der Waals surface area contributed by atoms with E-state index in [-0.39, 0.29) is 10.5 Å². The van der Waals surface area contributed by atoms with Crippen LogP contribution >= 0.6 is 0 Å². The van der Waals surface area contributed by atoms with Crippen LogP contribution in [0.5, 0.6) is 0 Å². The van der Waals surface area contributed by atoms with E-state index >= 15 is 0 Å². The fourth-order valence-electron chi connectivity index (χ4n) is 3.84. The molecule has 0 aromatic heterocycles. The Kier molecular flexibility index (Phi) is 5.86. The summed E-state index contributed by atoms with van der Waals surface area (Å²) < 4.78 is 27.5. The van der Waals surface area contributed by atoms with Gasteiger partial charge in [0.05, 0.1) is 16.9 Å². The van der Waals surface area contributed by atoms with Crippen molar-refractivity contribution in [1.82, 2.24) is 9.21 Å². The fraction of sp³-hybridized carbons (Fsp3) is 0.579. The van der Waals surface area contributed by atoms with Crippen LogP contribution in [-0.2, 0) is 14.8 Å². The van der Waals surface area contributed by atoms with E-state index in [4.69, 9.17) is 0 Å². The van der Waals surface area contributed by atoms with Gasteiger partial charge < -0.3 is 14.8 Å². The number of carbonyl (C=O) groups is 2. The van der Waals surface area contributed by atoms with Gasteiger partial charge in [0.25, 0.3) is 5.91 Å². The van der Waals surface area contributed by atoms with Crippen molar-refractivity contribution in [3.63, 3.8) is 0 Å². The molecule has 0 aliphatic carbocycles. The molecule has 1 amide bonds. The Bertz CT molecular complexity index is 831. The smallest absolute Gasteiger partial charge is 0.254 e. The van der Waals surface area contributed by atoms with Crippen LogP contribution in [0.1, 0.15) is 54.4 Å². The van der Waals surface area contributed by atoms with Gasteiger partial charge in [0, 0.05) is 25.2 Å². The number of likely N-dealkylation sites (tertiary alicyclic amines) is 1. The number of carboxylic acids is 1. The van der Waals surface area contributed by atoms with Crippen LogP contribution in [0.25, 0.3) is 0 Å². The maximum absolute atomic E-state index is 13.0. The Hall–Kier alpha value is -1.93. The predicted octanol–water partition coefficient (Wildman–Crippen LogP) is 0.914. The van der Waals surface area contributed by atoms with Gasteiger partial charge in [-0.3, -0.25) is 4.79 Å². The summed E-state index contributed by atoms with van der Waals surface area (Å²) in [6.07, 6.45) is 4.49. The molecule has 0 bridgehead atoms. The number of aliphatic carboxylic acids is 1. The summed E-state index contributed by atoms with van der Waals surface area (Å²) in [5.41, 5.74) is 0.775. The molecule has 1 atom stereocenters. The van der Waals surface area contributed by atoms with Gasteiger partial charge in [-0.15, -0.1) is 0 Å². The molecule has 0 unspecified atom stereocenters. The molecule has 8 heteroatoms. The van der Waals surface area contributed by atoms with E-state index < -0.39 is 27.9 Å². The zero-order valence-corrected chi connectivity index (χ0v) is 16.3. The molecule has 0 saturated carbocycles. The molecule has 1 aromatic carbocycles. The third-order valence-corrected chi connectivity index (χ3v) is 7.44. The first-order valence-corrected chi connectivity index (χ1v) is 10.9. The highest BCUT2D eigenvalue weighted by Gasteiger charge is 2.31. The van der Waals surface area contributed by atoms with Crippen LogP contribution in [0.2, 0.25) is 0 Å². The van der Waals surface area contributed by atoms with E-state index in [1.807, 2.05) is 0 Å². The number of carboxylic acid groups (broad SMARTS) is 1. The Labute approximate surface area is 160 Å². The summed E-state index contributed by atoms with van der Waals surface area (Å²) in [5.74, 6) is -1.73. The lowest BCUT2D eigenvalue weighted by Crippen LogP contribution is -2.52. The summed E-state index contributed by atoms with van der Waals surface area (Å²) in [4.78, 5) is 25.7. The topological polar surface area (TPSA) is 97.8 Å². The molecular formula is C19H25N2O5S-. The highest BCUT2D eigenvalue weighted by atomic mass is 32.2. The number of aryl methyl sites for hydroxylation is 1. The van der Waals surface area contributed by atoms with Crippen molar-refractivity contribution in [3.05, 3.63) is 29.3 Å². The molecule has 0 radical (unpaired) electrons. The highest BCUT2D eigenvalue weighted by molar-refractivity contribution is 7.89. The SMILES string of the molecule is Cc1ccc(C(=O)N2CCCC[C@@H]2C(=O)[O-])cc1S(=O)(=O)N1CCCCC1. The van der Waals surface area contributed by atoms with Crippen LogP contribution in [0.3, 0.4) is 0 Å². The number of piperidine rings is 2. The summed E-state index contributed by atoms with van der Waals surface area (Å²) >= 11 is 0. The minimum atomic E-state index is -3.68. The lowest BCUT2D eigenvalue weighted by Gasteiger charge is -2.36. The van der Waals surface area contributed by atoms with Gasteiger partial charge in [-0.25, -0.2) is 8.42 Å². The van der Waals surface area contributed by atoms with Crippen LogP contribution in [0.15, 0.2) is 23.1 Å². The number of hydrogen-bond acceptors (Lipinski definition) is 5. The lowest BCUT2D eigenvalue weighted by molar-refractivity contribution is -0.311. The number of amides is 1. The number of benzene rings is 1. The zero-order chi connectivity index (χ0) is 19.6.